The molecule has 0 saturated heterocycles. The molecule has 2 aromatic rings. The first kappa shape index (κ1) is 13.6. The van der Waals surface area contributed by atoms with Crippen LogP contribution in [-0.4, -0.2) is 3.21 Å². The van der Waals surface area contributed by atoms with Crippen LogP contribution in [0.4, 0.5) is 0 Å². The number of benzene rings is 2. The Morgan fingerprint density at radius 2 is 1.17 bits per heavy atom. The molecule has 2 rings (SSSR count). The van der Waals surface area contributed by atoms with Gasteiger partial charge < -0.3 is 0 Å². The van der Waals surface area contributed by atoms with Crippen molar-refractivity contribution in [3.05, 3.63) is 70.8 Å². The first-order valence-electron chi connectivity index (χ1n) is 6.32. The topological polar surface area (TPSA) is 0 Å². The summed E-state index contributed by atoms with van der Waals surface area (Å²) in [6.07, 6.45) is 2.25. The third kappa shape index (κ3) is 3.59. The third-order valence-electron chi connectivity index (χ3n) is 3.33. The Balaban J connectivity index is 2.06. The standard InChI is InChI=1S/C17H18.Zr/c1-14-8-3-5-10-16(14)12-7-13-17-11-6-4-9-15(17)2;/h3-6,8-11H,12-13H2,1-2H3;/q;+2. The van der Waals surface area contributed by atoms with Crippen molar-refractivity contribution >= 4 is 3.21 Å². The fraction of sp³-hybridized carbons (Fsp3) is 0.235. The van der Waals surface area contributed by atoms with Gasteiger partial charge in [-0.15, -0.1) is 0 Å². The molecule has 0 nitrogen and oxygen atoms in total. The van der Waals surface area contributed by atoms with Crippen molar-refractivity contribution in [2.45, 2.75) is 26.7 Å². The fourth-order valence-corrected chi connectivity index (χ4v) is 3.08. The molecule has 0 aromatic heterocycles. The molecular weight excluding hydrogens is 295 g/mol. The van der Waals surface area contributed by atoms with Gasteiger partial charge in [0.2, 0.25) is 0 Å². The molecule has 0 aliphatic heterocycles. The van der Waals surface area contributed by atoms with E-state index in [0.29, 0.717) is 0 Å². The number of aryl methyl sites for hydroxylation is 2. The van der Waals surface area contributed by atoms with Gasteiger partial charge in [0.05, 0.1) is 0 Å². The molecule has 0 fully saturated rings. The second-order valence-electron chi connectivity index (χ2n) is 4.81. The molecule has 0 heterocycles. The Bertz CT molecular complexity index is 506. The maximum absolute atomic E-state index is 2.25. The molecule has 0 radical (unpaired) electrons. The summed E-state index contributed by atoms with van der Waals surface area (Å²) in [5.41, 5.74) is 5.75. The molecule has 0 unspecified atom stereocenters. The van der Waals surface area contributed by atoms with Crippen molar-refractivity contribution in [1.82, 2.24) is 0 Å². The summed E-state index contributed by atoms with van der Waals surface area (Å²) in [6, 6.07) is 17.4. The SMILES string of the molecule is Cc1ccccc1C[C](=[Zr+2])Cc1ccccc1C. The van der Waals surface area contributed by atoms with Crippen LogP contribution in [0.5, 0.6) is 0 Å². The first-order valence-corrected chi connectivity index (χ1v) is 7.55. The van der Waals surface area contributed by atoms with E-state index in [1.165, 1.54) is 22.3 Å². The molecule has 0 atom stereocenters. The predicted molar refractivity (Wildman–Crippen MR) is 74.8 cm³/mol. The van der Waals surface area contributed by atoms with E-state index in [9.17, 15) is 0 Å². The number of hydrogen-bond acceptors (Lipinski definition) is 0. The van der Waals surface area contributed by atoms with Gasteiger partial charge in [0.1, 0.15) is 0 Å². The van der Waals surface area contributed by atoms with Crippen molar-refractivity contribution in [3.63, 3.8) is 0 Å². The molecule has 0 spiro atoms. The van der Waals surface area contributed by atoms with Crippen LogP contribution in [0.3, 0.4) is 0 Å². The van der Waals surface area contributed by atoms with E-state index in [1.807, 2.05) is 0 Å². The van der Waals surface area contributed by atoms with Crippen molar-refractivity contribution in [1.29, 1.82) is 0 Å². The Hall–Kier alpha value is -0.807. The summed E-state index contributed by atoms with van der Waals surface area (Å²) >= 11 is 1.56. The molecule has 88 valence electrons. The Morgan fingerprint density at radius 3 is 1.56 bits per heavy atom. The Kier molecular flexibility index (Phi) is 4.83. The van der Waals surface area contributed by atoms with Crippen molar-refractivity contribution in [2.24, 2.45) is 0 Å². The first-order chi connectivity index (χ1) is 8.66. The Labute approximate surface area is 124 Å². The van der Waals surface area contributed by atoms with E-state index in [0.717, 1.165) is 12.8 Å². The van der Waals surface area contributed by atoms with Crippen LogP contribution in [0.25, 0.3) is 0 Å². The minimum absolute atomic E-state index is 1.12. The monoisotopic (exact) mass is 312 g/mol. The summed E-state index contributed by atoms with van der Waals surface area (Å²) in [5.74, 6) is 0. The third-order valence-corrected chi connectivity index (χ3v) is 4.20. The van der Waals surface area contributed by atoms with Gasteiger partial charge in [0, 0.05) is 0 Å². The van der Waals surface area contributed by atoms with Crippen LogP contribution in [0.2, 0.25) is 0 Å². The fourth-order valence-electron chi connectivity index (χ4n) is 2.14. The zero-order chi connectivity index (χ0) is 13.0. The number of rotatable bonds is 4. The number of hydrogen-bond donors (Lipinski definition) is 0. The van der Waals surface area contributed by atoms with Crippen molar-refractivity contribution in [3.8, 4) is 0 Å². The molecule has 0 bridgehead atoms. The van der Waals surface area contributed by atoms with Gasteiger partial charge in [-0.25, -0.2) is 0 Å². The average molecular weight is 314 g/mol. The Morgan fingerprint density at radius 1 is 0.778 bits per heavy atom. The molecular formula is C17H18Zr+2. The van der Waals surface area contributed by atoms with Gasteiger partial charge in [0.15, 0.2) is 0 Å². The van der Waals surface area contributed by atoms with E-state index in [2.05, 4.69) is 62.4 Å². The van der Waals surface area contributed by atoms with Crippen LogP contribution >= 0.6 is 0 Å². The van der Waals surface area contributed by atoms with Gasteiger partial charge in [-0.1, -0.05) is 0 Å². The molecule has 0 aliphatic rings. The zero-order valence-electron chi connectivity index (χ0n) is 11.0. The summed E-state index contributed by atoms with van der Waals surface area (Å²) in [7, 11) is 0. The van der Waals surface area contributed by atoms with E-state index >= 15 is 0 Å². The molecule has 0 saturated carbocycles. The normalized spacial score (nSPS) is 10.4. The molecule has 0 N–H and O–H groups in total. The molecule has 18 heavy (non-hydrogen) atoms. The molecule has 0 amide bonds. The summed E-state index contributed by atoms with van der Waals surface area (Å²) in [5, 5.41) is 0. The second-order valence-corrected chi connectivity index (χ2v) is 6.55. The predicted octanol–water partition coefficient (Wildman–Crippen LogP) is 3.81. The summed E-state index contributed by atoms with van der Waals surface area (Å²) in [6.45, 7) is 4.40. The molecule has 0 aliphatic carbocycles. The summed E-state index contributed by atoms with van der Waals surface area (Å²) < 4.78 is 1.62. The van der Waals surface area contributed by atoms with Gasteiger partial charge in [-0.05, 0) is 0 Å². The van der Waals surface area contributed by atoms with Crippen LogP contribution in [0.15, 0.2) is 48.5 Å². The van der Waals surface area contributed by atoms with Crippen LogP contribution in [-0.2, 0) is 37.1 Å². The van der Waals surface area contributed by atoms with Crippen molar-refractivity contribution in [2.75, 3.05) is 0 Å². The second kappa shape index (κ2) is 6.39. The van der Waals surface area contributed by atoms with Gasteiger partial charge in [-0.3, -0.25) is 0 Å². The van der Waals surface area contributed by atoms with Crippen LogP contribution in [0, 0.1) is 13.8 Å². The van der Waals surface area contributed by atoms with E-state index in [4.69, 9.17) is 0 Å². The van der Waals surface area contributed by atoms with Crippen LogP contribution < -0.4 is 0 Å². The molecule has 2 aromatic carbocycles. The van der Waals surface area contributed by atoms with Crippen molar-refractivity contribution < 1.29 is 24.2 Å². The average Bonchev–Trinajstić information content (AvgIpc) is 2.35. The van der Waals surface area contributed by atoms with Gasteiger partial charge in [0.25, 0.3) is 0 Å². The van der Waals surface area contributed by atoms with E-state index < -0.39 is 0 Å². The maximum atomic E-state index is 2.25. The van der Waals surface area contributed by atoms with Gasteiger partial charge in [-0.2, -0.15) is 0 Å². The molecule has 1 heteroatoms. The van der Waals surface area contributed by atoms with E-state index in [1.54, 1.807) is 27.4 Å². The quantitative estimate of drug-likeness (QED) is 0.805. The van der Waals surface area contributed by atoms with Gasteiger partial charge >= 0.3 is 125 Å². The minimum atomic E-state index is 1.12. The van der Waals surface area contributed by atoms with E-state index in [-0.39, 0.29) is 0 Å². The summed E-state index contributed by atoms with van der Waals surface area (Å²) in [4.78, 5) is 0. The zero-order valence-corrected chi connectivity index (χ0v) is 13.5. The van der Waals surface area contributed by atoms with Crippen LogP contribution in [0.1, 0.15) is 22.3 Å².